The van der Waals surface area contributed by atoms with Gasteiger partial charge in [0.15, 0.2) is 0 Å². The first-order chi connectivity index (χ1) is 9.52. The van der Waals surface area contributed by atoms with Crippen LogP contribution >= 0.6 is 11.8 Å². The van der Waals surface area contributed by atoms with Gasteiger partial charge in [0.25, 0.3) is 0 Å². The molecule has 1 rings (SSSR count). The van der Waals surface area contributed by atoms with Gasteiger partial charge >= 0.3 is 5.97 Å². The highest BCUT2D eigenvalue weighted by atomic mass is 32.2. The Kier molecular flexibility index (Phi) is 6.60. The van der Waals surface area contributed by atoms with Gasteiger partial charge in [-0.1, -0.05) is 19.1 Å². The van der Waals surface area contributed by atoms with Crippen LogP contribution in [-0.4, -0.2) is 28.5 Å². The number of thioether (sulfide) groups is 1. The lowest BCUT2D eigenvalue weighted by Crippen LogP contribution is -2.14. The van der Waals surface area contributed by atoms with E-state index >= 15 is 0 Å². The van der Waals surface area contributed by atoms with Crippen LogP contribution in [0.2, 0.25) is 0 Å². The summed E-state index contributed by atoms with van der Waals surface area (Å²) in [6, 6.07) is 9.08. The third-order valence-corrected chi connectivity index (χ3v) is 3.44. The minimum Gasteiger partial charge on any atom is -0.481 e. The molecule has 1 atom stereocenters. The fourth-order valence-corrected chi connectivity index (χ4v) is 2.11. The summed E-state index contributed by atoms with van der Waals surface area (Å²) in [6.07, 6.45) is 0.0799. The molecule has 0 aliphatic carbocycles. The molecule has 0 heterocycles. The smallest absolute Gasteiger partial charge is 0.303 e. The van der Waals surface area contributed by atoms with Crippen molar-refractivity contribution in [1.29, 1.82) is 5.26 Å². The summed E-state index contributed by atoms with van der Waals surface area (Å²) < 4.78 is 0. The van der Waals surface area contributed by atoms with Crippen LogP contribution in [0, 0.1) is 11.3 Å². The van der Waals surface area contributed by atoms with Gasteiger partial charge in [-0.3, -0.25) is 9.59 Å². The Morgan fingerprint density at radius 1 is 1.40 bits per heavy atom. The van der Waals surface area contributed by atoms with E-state index in [0.29, 0.717) is 11.4 Å². The van der Waals surface area contributed by atoms with Crippen LogP contribution in [0.5, 0.6) is 0 Å². The average molecular weight is 292 g/mol. The maximum atomic E-state index is 11.5. The molecule has 0 fully saturated rings. The molecule has 2 N–H and O–H groups in total. The number of carbonyl (C=O) groups excluding carboxylic acids is 1. The molecular weight excluding hydrogens is 276 g/mol. The van der Waals surface area contributed by atoms with Crippen LogP contribution in [-0.2, 0) is 9.59 Å². The molecule has 106 valence electrons. The number of amides is 1. The fraction of sp³-hybridized carbons (Fsp3) is 0.357. The Balaban J connectivity index is 2.52. The highest BCUT2D eigenvalue weighted by Crippen LogP contribution is 2.21. The van der Waals surface area contributed by atoms with Crippen molar-refractivity contribution in [2.24, 2.45) is 0 Å². The van der Waals surface area contributed by atoms with Crippen molar-refractivity contribution in [2.75, 3.05) is 16.8 Å². The predicted octanol–water partition coefficient (Wildman–Crippen LogP) is 2.46. The first-order valence-corrected chi connectivity index (χ1v) is 7.24. The highest BCUT2D eigenvalue weighted by molar-refractivity contribution is 8.00. The van der Waals surface area contributed by atoms with E-state index in [1.807, 2.05) is 25.1 Å². The van der Waals surface area contributed by atoms with Gasteiger partial charge in [0.05, 0.1) is 24.0 Å². The SMILES string of the molecule is CC(CC(=O)O)c1ccc(NC(=O)CSCC#N)cc1. The van der Waals surface area contributed by atoms with Crippen molar-refractivity contribution in [2.45, 2.75) is 19.3 Å². The number of anilines is 1. The lowest BCUT2D eigenvalue weighted by molar-refractivity contribution is -0.137. The first kappa shape index (κ1) is 16.1. The summed E-state index contributed by atoms with van der Waals surface area (Å²) in [7, 11) is 0. The molecule has 0 spiro atoms. The predicted molar refractivity (Wildman–Crippen MR) is 78.7 cm³/mol. The molecule has 1 aromatic carbocycles. The summed E-state index contributed by atoms with van der Waals surface area (Å²) >= 11 is 1.26. The van der Waals surface area contributed by atoms with Gasteiger partial charge in [-0.05, 0) is 23.6 Å². The van der Waals surface area contributed by atoms with E-state index < -0.39 is 5.97 Å². The first-order valence-electron chi connectivity index (χ1n) is 6.09. The van der Waals surface area contributed by atoms with Gasteiger partial charge in [-0.15, -0.1) is 11.8 Å². The molecule has 0 aliphatic rings. The van der Waals surface area contributed by atoms with E-state index in [0.717, 1.165) is 5.56 Å². The number of aliphatic carboxylic acids is 1. The molecule has 1 aromatic rings. The highest BCUT2D eigenvalue weighted by Gasteiger charge is 2.10. The van der Waals surface area contributed by atoms with Crippen molar-refractivity contribution in [3.63, 3.8) is 0 Å². The summed E-state index contributed by atoms with van der Waals surface area (Å²) in [5, 5.41) is 19.8. The van der Waals surface area contributed by atoms with Crippen LogP contribution in [0.3, 0.4) is 0 Å². The van der Waals surface area contributed by atoms with Gasteiger partial charge < -0.3 is 10.4 Å². The number of carboxylic acid groups (broad SMARTS) is 1. The van der Waals surface area contributed by atoms with Crippen LogP contribution in [0.1, 0.15) is 24.8 Å². The fourth-order valence-electron chi connectivity index (χ4n) is 1.66. The van der Waals surface area contributed by atoms with Crippen LogP contribution in [0.25, 0.3) is 0 Å². The molecule has 0 saturated heterocycles. The Morgan fingerprint density at radius 3 is 2.60 bits per heavy atom. The minimum absolute atomic E-state index is 0.0663. The molecule has 20 heavy (non-hydrogen) atoms. The molecule has 1 amide bonds. The molecule has 0 aromatic heterocycles. The third kappa shape index (κ3) is 5.76. The molecule has 0 aliphatic heterocycles. The Hall–Kier alpha value is -2.00. The number of benzene rings is 1. The summed E-state index contributed by atoms with van der Waals surface area (Å²) in [4.78, 5) is 22.2. The van der Waals surface area contributed by atoms with Crippen molar-refractivity contribution in [1.82, 2.24) is 0 Å². The number of rotatable bonds is 7. The van der Waals surface area contributed by atoms with Gasteiger partial charge in [0, 0.05) is 5.69 Å². The second-order valence-corrected chi connectivity index (χ2v) is 5.31. The summed E-state index contributed by atoms with van der Waals surface area (Å²) in [5.74, 6) is -0.520. The topological polar surface area (TPSA) is 90.2 Å². The largest absolute Gasteiger partial charge is 0.481 e. The summed E-state index contributed by atoms with van der Waals surface area (Å²) in [6.45, 7) is 1.85. The number of nitrogens with zero attached hydrogens (tertiary/aromatic N) is 1. The Bertz CT molecular complexity index is 508. The molecule has 0 radical (unpaired) electrons. The number of carboxylic acids is 1. The molecular formula is C14H16N2O3S. The van der Waals surface area contributed by atoms with Gasteiger partial charge in [0.1, 0.15) is 0 Å². The second-order valence-electron chi connectivity index (χ2n) is 4.32. The Morgan fingerprint density at radius 2 is 2.05 bits per heavy atom. The van der Waals surface area contributed by atoms with E-state index in [1.54, 1.807) is 12.1 Å². The molecule has 6 heteroatoms. The van der Waals surface area contributed by atoms with Crippen LogP contribution in [0.15, 0.2) is 24.3 Å². The Labute approximate surface area is 122 Å². The standard InChI is InChI=1S/C14H16N2O3S/c1-10(8-14(18)19)11-2-4-12(5-3-11)16-13(17)9-20-7-6-15/h2-5,10H,7-9H2,1H3,(H,16,17)(H,18,19). The number of hydrogen-bond acceptors (Lipinski definition) is 4. The normalized spacial score (nSPS) is 11.4. The van der Waals surface area contributed by atoms with Crippen molar-refractivity contribution in [3.8, 4) is 6.07 Å². The van der Waals surface area contributed by atoms with E-state index in [-0.39, 0.29) is 24.0 Å². The maximum absolute atomic E-state index is 11.5. The summed E-state index contributed by atoms with van der Waals surface area (Å²) in [5.41, 5.74) is 1.59. The van der Waals surface area contributed by atoms with E-state index in [2.05, 4.69) is 5.32 Å². The number of carbonyl (C=O) groups is 2. The number of nitrogens with one attached hydrogen (secondary N) is 1. The number of nitriles is 1. The van der Waals surface area contributed by atoms with Crippen LogP contribution < -0.4 is 5.32 Å². The third-order valence-electron chi connectivity index (χ3n) is 2.64. The average Bonchev–Trinajstić information content (AvgIpc) is 2.39. The van der Waals surface area contributed by atoms with Crippen molar-refractivity contribution < 1.29 is 14.7 Å². The molecule has 5 nitrogen and oxygen atoms in total. The minimum atomic E-state index is -0.829. The molecule has 1 unspecified atom stereocenters. The van der Waals surface area contributed by atoms with Crippen LogP contribution in [0.4, 0.5) is 5.69 Å². The van der Waals surface area contributed by atoms with Gasteiger partial charge in [-0.2, -0.15) is 5.26 Å². The van der Waals surface area contributed by atoms with E-state index in [4.69, 9.17) is 10.4 Å². The zero-order valence-electron chi connectivity index (χ0n) is 11.1. The van der Waals surface area contributed by atoms with Gasteiger partial charge in [0.2, 0.25) is 5.91 Å². The van der Waals surface area contributed by atoms with Crippen molar-refractivity contribution in [3.05, 3.63) is 29.8 Å². The maximum Gasteiger partial charge on any atom is 0.303 e. The molecule has 0 bridgehead atoms. The van der Waals surface area contributed by atoms with Gasteiger partial charge in [-0.25, -0.2) is 0 Å². The monoisotopic (exact) mass is 292 g/mol. The second kappa shape index (κ2) is 8.23. The zero-order chi connectivity index (χ0) is 15.0. The van der Waals surface area contributed by atoms with E-state index in [9.17, 15) is 9.59 Å². The lowest BCUT2D eigenvalue weighted by Gasteiger charge is -2.10. The lowest BCUT2D eigenvalue weighted by atomic mass is 9.98. The van der Waals surface area contributed by atoms with Crippen molar-refractivity contribution >= 4 is 29.3 Å². The molecule has 0 saturated carbocycles. The quantitative estimate of drug-likeness (QED) is 0.753. The number of hydrogen-bond donors (Lipinski definition) is 2. The van der Waals surface area contributed by atoms with E-state index in [1.165, 1.54) is 11.8 Å². The zero-order valence-corrected chi connectivity index (χ0v) is 11.9.